The number of aromatic nitrogens is 3. The molecule has 8 heteroatoms. The molecule has 0 atom stereocenters. The van der Waals surface area contributed by atoms with E-state index in [-0.39, 0.29) is 17.8 Å². The molecule has 1 saturated heterocycles. The molecule has 174 valence electrons. The van der Waals surface area contributed by atoms with Gasteiger partial charge in [-0.25, -0.2) is 14.3 Å². The van der Waals surface area contributed by atoms with Gasteiger partial charge in [0, 0.05) is 37.6 Å². The number of anilines is 1. The fourth-order valence-corrected chi connectivity index (χ4v) is 4.42. The lowest BCUT2D eigenvalue weighted by Gasteiger charge is -2.32. The molecule has 34 heavy (non-hydrogen) atoms. The predicted molar refractivity (Wildman–Crippen MR) is 132 cm³/mol. The van der Waals surface area contributed by atoms with Crippen LogP contribution in [0.4, 0.5) is 10.5 Å². The van der Waals surface area contributed by atoms with Gasteiger partial charge in [0.25, 0.3) is 0 Å². The van der Waals surface area contributed by atoms with Crippen LogP contribution in [0.5, 0.6) is 0 Å². The minimum absolute atomic E-state index is 0.159. The maximum Gasteiger partial charge on any atom is 0.350 e. The second kappa shape index (κ2) is 9.93. The predicted octanol–water partition coefficient (Wildman–Crippen LogP) is 3.33. The molecule has 1 fully saturated rings. The minimum Gasteiger partial charge on any atom is -0.335 e. The highest BCUT2D eigenvalue weighted by Gasteiger charge is 2.20. The third-order valence-corrected chi connectivity index (χ3v) is 6.18. The first-order chi connectivity index (χ1) is 16.6. The number of nitrogens with zero attached hydrogens (tertiary/aromatic N) is 4. The molecule has 2 aromatic heterocycles. The number of hydrogen-bond donors (Lipinski definition) is 2. The maximum absolute atomic E-state index is 12.6. The first kappa shape index (κ1) is 21.9. The van der Waals surface area contributed by atoms with E-state index in [4.69, 9.17) is 0 Å². The SMILES string of the molecule is O=C(Nc1cccc(Cn2nc3ccccn3c2=O)c1)NC1CCN(Cc2ccccc2)CC1. The number of likely N-dealkylation sites (tertiary alicyclic amines) is 1. The van der Waals surface area contributed by atoms with Crippen LogP contribution < -0.4 is 16.3 Å². The Morgan fingerprint density at radius 3 is 2.47 bits per heavy atom. The highest BCUT2D eigenvalue weighted by atomic mass is 16.2. The first-order valence-electron chi connectivity index (χ1n) is 11.6. The van der Waals surface area contributed by atoms with Crippen molar-refractivity contribution < 1.29 is 4.79 Å². The van der Waals surface area contributed by atoms with Crippen molar-refractivity contribution in [3.63, 3.8) is 0 Å². The van der Waals surface area contributed by atoms with Gasteiger partial charge in [0.1, 0.15) is 0 Å². The molecule has 0 unspecified atom stereocenters. The summed E-state index contributed by atoms with van der Waals surface area (Å²) in [5, 5.41) is 10.4. The van der Waals surface area contributed by atoms with Crippen LogP contribution in [-0.2, 0) is 13.1 Å². The number of hydrogen-bond acceptors (Lipinski definition) is 4. The number of pyridine rings is 1. The number of fused-ring (bicyclic) bond motifs is 1. The zero-order valence-electron chi connectivity index (χ0n) is 18.9. The third-order valence-electron chi connectivity index (χ3n) is 6.18. The van der Waals surface area contributed by atoms with Gasteiger partial charge in [-0.15, -0.1) is 5.10 Å². The molecule has 8 nitrogen and oxygen atoms in total. The minimum atomic E-state index is -0.205. The fourth-order valence-electron chi connectivity index (χ4n) is 4.42. The summed E-state index contributed by atoms with van der Waals surface area (Å²) < 4.78 is 2.94. The van der Waals surface area contributed by atoms with Crippen LogP contribution in [0.1, 0.15) is 24.0 Å². The van der Waals surface area contributed by atoms with Crippen LogP contribution in [-0.4, -0.2) is 44.2 Å². The largest absolute Gasteiger partial charge is 0.350 e. The van der Waals surface area contributed by atoms with E-state index < -0.39 is 0 Å². The van der Waals surface area contributed by atoms with Crippen LogP contribution in [0.25, 0.3) is 5.65 Å². The molecule has 4 aromatic rings. The lowest BCUT2D eigenvalue weighted by molar-refractivity contribution is 0.190. The number of piperidine rings is 1. The van der Waals surface area contributed by atoms with Crippen molar-refractivity contribution >= 4 is 17.4 Å². The lowest BCUT2D eigenvalue weighted by Crippen LogP contribution is -2.45. The Bertz CT molecular complexity index is 1320. The molecule has 0 spiro atoms. The number of carbonyl (C=O) groups is 1. The summed E-state index contributed by atoms with van der Waals surface area (Å²) in [4.78, 5) is 27.5. The number of urea groups is 1. The Hall–Kier alpha value is -3.91. The number of rotatable bonds is 6. The van der Waals surface area contributed by atoms with Crippen molar-refractivity contribution in [2.45, 2.75) is 32.0 Å². The van der Waals surface area contributed by atoms with Gasteiger partial charge in [-0.1, -0.05) is 48.5 Å². The topological polar surface area (TPSA) is 83.7 Å². The van der Waals surface area contributed by atoms with Gasteiger partial charge < -0.3 is 10.6 Å². The highest BCUT2D eigenvalue weighted by molar-refractivity contribution is 5.89. The van der Waals surface area contributed by atoms with E-state index in [0.29, 0.717) is 17.9 Å². The Morgan fingerprint density at radius 2 is 1.68 bits per heavy atom. The van der Waals surface area contributed by atoms with Crippen molar-refractivity contribution in [1.82, 2.24) is 24.4 Å². The van der Waals surface area contributed by atoms with Crippen molar-refractivity contribution in [2.24, 2.45) is 0 Å². The number of nitrogens with one attached hydrogen (secondary N) is 2. The quantitative estimate of drug-likeness (QED) is 0.466. The molecular formula is C26H28N6O2. The molecule has 1 aliphatic rings. The smallest absolute Gasteiger partial charge is 0.335 e. The van der Waals surface area contributed by atoms with Crippen LogP contribution in [0.15, 0.2) is 83.8 Å². The molecule has 0 radical (unpaired) electrons. The van der Waals surface area contributed by atoms with Gasteiger partial charge in [0.2, 0.25) is 0 Å². The summed E-state index contributed by atoms with van der Waals surface area (Å²) in [6.45, 7) is 3.20. The van der Waals surface area contributed by atoms with E-state index in [1.54, 1.807) is 18.3 Å². The average Bonchev–Trinajstić information content (AvgIpc) is 3.16. The summed E-state index contributed by atoms with van der Waals surface area (Å²) in [5.41, 5.74) is 3.31. The van der Waals surface area contributed by atoms with Crippen LogP contribution in [0.2, 0.25) is 0 Å². The van der Waals surface area contributed by atoms with Gasteiger partial charge in [-0.05, 0) is 48.2 Å². The van der Waals surface area contributed by atoms with Crippen molar-refractivity contribution in [1.29, 1.82) is 0 Å². The lowest BCUT2D eigenvalue weighted by atomic mass is 10.0. The van der Waals surface area contributed by atoms with Crippen LogP contribution in [0, 0.1) is 0 Å². The zero-order valence-corrected chi connectivity index (χ0v) is 18.9. The fraction of sp³-hybridized carbons (Fsp3) is 0.269. The van der Waals surface area contributed by atoms with Gasteiger partial charge in [0.05, 0.1) is 6.54 Å². The normalized spacial score (nSPS) is 14.8. The Morgan fingerprint density at radius 1 is 0.912 bits per heavy atom. The van der Waals surface area contributed by atoms with E-state index in [1.165, 1.54) is 14.6 Å². The molecular weight excluding hydrogens is 428 g/mol. The average molecular weight is 457 g/mol. The molecule has 2 amide bonds. The summed E-state index contributed by atoms with van der Waals surface area (Å²) in [5.74, 6) is 0. The van der Waals surface area contributed by atoms with Crippen molar-refractivity contribution in [3.8, 4) is 0 Å². The number of benzene rings is 2. The van der Waals surface area contributed by atoms with E-state index in [9.17, 15) is 9.59 Å². The second-order valence-corrected chi connectivity index (χ2v) is 8.70. The Labute approximate surface area is 197 Å². The van der Waals surface area contributed by atoms with Crippen molar-refractivity contribution in [3.05, 3.63) is 101 Å². The van der Waals surface area contributed by atoms with Gasteiger partial charge in [0.15, 0.2) is 5.65 Å². The highest BCUT2D eigenvalue weighted by Crippen LogP contribution is 2.15. The molecule has 1 aliphatic heterocycles. The van der Waals surface area contributed by atoms with E-state index in [0.717, 1.165) is 38.0 Å². The number of carbonyl (C=O) groups excluding carboxylic acids is 1. The summed E-state index contributed by atoms with van der Waals surface area (Å²) in [6.07, 6.45) is 3.56. The van der Waals surface area contributed by atoms with Crippen molar-refractivity contribution in [2.75, 3.05) is 18.4 Å². The maximum atomic E-state index is 12.6. The Kier molecular flexibility index (Phi) is 6.40. The first-order valence-corrected chi connectivity index (χ1v) is 11.6. The van der Waals surface area contributed by atoms with Gasteiger partial charge in [-0.2, -0.15) is 0 Å². The standard InChI is InChI=1S/C26H28N6O2/c33-25(27-22-12-15-30(16-13-22)18-20-7-2-1-3-8-20)28-23-10-6-9-21(17-23)19-32-26(34)31-14-5-4-11-24(31)29-32/h1-11,14,17,22H,12-13,15-16,18-19H2,(H2,27,28,33). The van der Waals surface area contributed by atoms with Gasteiger partial charge >= 0.3 is 11.7 Å². The Balaban J connectivity index is 1.14. The van der Waals surface area contributed by atoms with Gasteiger partial charge in [-0.3, -0.25) is 9.30 Å². The third kappa shape index (κ3) is 5.18. The second-order valence-electron chi connectivity index (χ2n) is 8.70. The molecule has 2 N–H and O–H groups in total. The summed E-state index contributed by atoms with van der Waals surface area (Å²) in [7, 11) is 0. The molecule has 0 bridgehead atoms. The molecule has 0 aliphatic carbocycles. The zero-order chi connectivity index (χ0) is 23.3. The summed E-state index contributed by atoms with van der Waals surface area (Å²) >= 11 is 0. The molecule has 5 rings (SSSR count). The van der Waals surface area contributed by atoms with E-state index in [1.807, 2.05) is 36.4 Å². The number of amides is 2. The molecule has 2 aromatic carbocycles. The monoisotopic (exact) mass is 456 g/mol. The summed E-state index contributed by atoms with van der Waals surface area (Å²) in [6, 6.07) is 23.4. The molecule has 3 heterocycles. The van der Waals surface area contributed by atoms with E-state index >= 15 is 0 Å². The van der Waals surface area contributed by atoms with Crippen LogP contribution in [0.3, 0.4) is 0 Å². The molecule has 0 saturated carbocycles. The van der Waals surface area contributed by atoms with E-state index in [2.05, 4.69) is 44.9 Å². The van der Waals surface area contributed by atoms with Crippen LogP contribution >= 0.6 is 0 Å².